The molecule has 2 rings (SSSR count). The Labute approximate surface area is 145 Å². The molecule has 0 aliphatic rings. The van der Waals surface area contributed by atoms with Gasteiger partial charge in [-0.2, -0.15) is 0 Å². The Morgan fingerprint density at radius 1 is 1.00 bits per heavy atom. The fraction of sp³-hybridized carbons (Fsp3) is 0.222. The summed E-state index contributed by atoms with van der Waals surface area (Å²) in [6.07, 6.45) is 2.25. The molecule has 0 atom stereocenters. The number of pyridine rings is 1. The Morgan fingerprint density at radius 2 is 1.72 bits per heavy atom. The molecule has 3 amide bonds. The third-order valence-corrected chi connectivity index (χ3v) is 3.23. The van der Waals surface area contributed by atoms with Crippen molar-refractivity contribution in [3.8, 4) is 0 Å². The van der Waals surface area contributed by atoms with Gasteiger partial charge in [0, 0.05) is 36.6 Å². The number of rotatable bonds is 6. The number of aromatic nitrogens is 1. The molecule has 1 aromatic heterocycles. The first kappa shape index (κ1) is 18.1. The minimum Gasteiger partial charge on any atom is -0.352 e. The molecule has 0 fully saturated rings. The summed E-state index contributed by atoms with van der Waals surface area (Å²) in [6.45, 7) is 3.93. The van der Waals surface area contributed by atoms with E-state index in [1.165, 1.54) is 19.2 Å². The van der Waals surface area contributed by atoms with Crippen LogP contribution in [0.5, 0.6) is 0 Å². The average Bonchev–Trinajstić information content (AvgIpc) is 2.59. The molecular formula is C18H20N4O3. The third-order valence-electron chi connectivity index (χ3n) is 3.23. The van der Waals surface area contributed by atoms with Crippen LogP contribution < -0.4 is 16.0 Å². The van der Waals surface area contributed by atoms with Crippen LogP contribution >= 0.6 is 0 Å². The van der Waals surface area contributed by atoms with Crippen LogP contribution in [-0.4, -0.2) is 29.3 Å². The molecule has 1 heterocycles. The van der Waals surface area contributed by atoms with Gasteiger partial charge in [-0.15, -0.1) is 0 Å². The van der Waals surface area contributed by atoms with Crippen molar-refractivity contribution >= 4 is 29.1 Å². The van der Waals surface area contributed by atoms with E-state index in [2.05, 4.69) is 20.9 Å². The predicted octanol–water partition coefficient (Wildman–Crippen LogP) is 2.43. The second kappa shape index (κ2) is 8.58. The van der Waals surface area contributed by atoms with Crippen LogP contribution in [0, 0.1) is 0 Å². The number of benzene rings is 1. The molecule has 0 aliphatic carbocycles. The lowest BCUT2D eigenvalue weighted by molar-refractivity contribution is -0.114. The maximum atomic E-state index is 12.3. The maximum absolute atomic E-state index is 12.3. The van der Waals surface area contributed by atoms with Crippen molar-refractivity contribution in [3.63, 3.8) is 0 Å². The SMILES string of the molecule is CCCNC(=O)c1ccnc(C(=O)Nc2cccc(NC(C)=O)c2)c1. The Bertz CT molecular complexity index is 789. The summed E-state index contributed by atoms with van der Waals surface area (Å²) in [6, 6.07) is 9.76. The normalized spacial score (nSPS) is 10.0. The zero-order chi connectivity index (χ0) is 18.2. The van der Waals surface area contributed by atoms with Crippen LogP contribution in [0.4, 0.5) is 11.4 Å². The van der Waals surface area contributed by atoms with Crippen molar-refractivity contribution in [2.75, 3.05) is 17.2 Å². The number of nitrogens with zero attached hydrogens (tertiary/aromatic N) is 1. The molecule has 130 valence electrons. The molecule has 3 N–H and O–H groups in total. The summed E-state index contributed by atoms with van der Waals surface area (Å²) in [5.74, 6) is -0.882. The van der Waals surface area contributed by atoms with E-state index in [9.17, 15) is 14.4 Å². The molecule has 7 heteroatoms. The Hall–Kier alpha value is -3.22. The van der Waals surface area contributed by atoms with Crippen LogP contribution in [0.3, 0.4) is 0 Å². The fourth-order valence-electron chi connectivity index (χ4n) is 2.11. The monoisotopic (exact) mass is 340 g/mol. The van der Waals surface area contributed by atoms with Crippen LogP contribution in [0.15, 0.2) is 42.6 Å². The number of carbonyl (C=O) groups is 3. The molecule has 0 bridgehead atoms. The number of carbonyl (C=O) groups excluding carboxylic acids is 3. The molecule has 1 aromatic carbocycles. The van der Waals surface area contributed by atoms with Crippen LogP contribution in [0.2, 0.25) is 0 Å². The van der Waals surface area contributed by atoms with Gasteiger partial charge in [0.25, 0.3) is 11.8 Å². The Morgan fingerprint density at radius 3 is 2.40 bits per heavy atom. The second-order valence-corrected chi connectivity index (χ2v) is 5.40. The first-order chi connectivity index (χ1) is 12.0. The zero-order valence-corrected chi connectivity index (χ0v) is 14.1. The third kappa shape index (κ3) is 5.42. The van der Waals surface area contributed by atoms with Gasteiger partial charge in [-0.3, -0.25) is 19.4 Å². The maximum Gasteiger partial charge on any atom is 0.274 e. The molecular weight excluding hydrogens is 320 g/mol. The number of anilines is 2. The van der Waals surface area contributed by atoms with E-state index in [0.717, 1.165) is 6.42 Å². The second-order valence-electron chi connectivity index (χ2n) is 5.40. The standard InChI is InChI=1S/C18H20N4O3/c1-3-8-20-17(24)13-7-9-19-16(10-13)18(25)22-15-6-4-5-14(11-15)21-12(2)23/h4-7,9-11H,3,8H2,1-2H3,(H,20,24)(H,21,23)(H,22,25). The van der Waals surface area contributed by atoms with Crippen molar-refractivity contribution in [1.29, 1.82) is 0 Å². The van der Waals surface area contributed by atoms with E-state index < -0.39 is 5.91 Å². The summed E-state index contributed by atoms with van der Waals surface area (Å²) in [7, 11) is 0. The van der Waals surface area contributed by atoms with Gasteiger partial charge < -0.3 is 16.0 Å². The van der Waals surface area contributed by atoms with Gasteiger partial charge in [-0.25, -0.2) is 0 Å². The summed E-state index contributed by atoms with van der Waals surface area (Å²) in [5, 5.41) is 8.09. The number of amides is 3. The molecule has 7 nitrogen and oxygen atoms in total. The molecule has 0 saturated heterocycles. The Balaban J connectivity index is 2.10. The highest BCUT2D eigenvalue weighted by Gasteiger charge is 2.12. The van der Waals surface area contributed by atoms with E-state index in [1.807, 2.05) is 6.92 Å². The predicted molar refractivity (Wildman–Crippen MR) is 95.6 cm³/mol. The van der Waals surface area contributed by atoms with Crippen molar-refractivity contribution in [3.05, 3.63) is 53.9 Å². The van der Waals surface area contributed by atoms with Gasteiger partial charge in [-0.1, -0.05) is 13.0 Å². The van der Waals surface area contributed by atoms with Gasteiger partial charge in [0.1, 0.15) is 5.69 Å². The highest BCUT2D eigenvalue weighted by atomic mass is 16.2. The molecule has 0 aliphatic heterocycles. The van der Waals surface area contributed by atoms with E-state index in [-0.39, 0.29) is 17.5 Å². The smallest absolute Gasteiger partial charge is 0.274 e. The van der Waals surface area contributed by atoms with E-state index in [1.54, 1.807) is 30.3 Å². The lowest BCUT2D eigenvalue weighted by Crippen LogP contribution is -2.24. The van der Waals surface area contributed by atoms with Crippen molar-refractivity contribution < 1.29 is 14.4 Å². The minimum atomic E-state index is -0.440. The molecule has 25 heavy (non-hydrogen) atoms. The largest absolute Gasteiger partial charge is 0.352 e. The highest BCUT2D eigenvalue weighted by Crippen LogP contribution is 2.16. The van der Waals surface area contributed by atoms with Crippen molar-refractivity contribution in [1.82, 2.24) is 10.3 Å². The zero-order valence-electron chi connectivity index (χ0n) is 14.1. The van der Waals surface area contributed by atoms with E-state index in [0.29, 0.717) is 23.5 Å². The summed E-state index contributed by atoms with van der Waals surface area (Å²) < 4.78 is 0. The average molecular weight is 340 g/mol. The summed E-state index contributed by atoms with van der Waals surface area (Å²) in [5.41, 5.74) is 1.60. The molecule has 0 radical (unpaired) electrons. The van der Waals surface area contributed by atoms with Crippen LogP contribution in [0.25, 0.3) is 0 Å². The van der Waals surface area contributed by atoms with Gasteiger partial charge in [-0.05, 0) is 36.8 Å². The number of hydrogen-bond acceptors (Lipinski definition) is 4. The van der Waals surface area contributed by atoms with Gasteiger partial charge in [0.2, 0.25) is 5.91 Å². The fourth-order valence-corrected chi connectivity index (χ4v) is 2.11. The molecule has 0 saturated carbocycles. The van der Waals surface area contributed by atoms with Crippen molar-refractivity contribution in [2.24, 2.45) is 0 Å². The lowest BCUT2D eigenvalue weighted by Gasteiger charge is -2.08. The van der Waals surface area contributed by atoms with Crippen LogP contribution in [0.1, 0.15) is 41.1 Å². The quantitative estimate of drug-likeness (QED) is 0.752. The summed E-state index contributed by atoms with van der Waals surface area (Å²) in [4.78, 5) is 39.4. The lowest BCUT2D eigenvalue weighted by atomic mass is 10.2. The van der Waals surface area contributed by atoms with E-state index >= 15 is 0 Å². The Kier molecular flexibility index (Phi) is 6.22. The molecule has 0 spiro atoms. The highest BCUT2D eigenvalue weighted by molar-refractivity contribution is 6.05. The van der Waals surface area contributed by atoms with Crippen molar-refractivity contribution in [2.45, 2.75) is 20.3 Å². The minimum absolute atomic E-state index is 0.133. The first-order valence-electron chi connectivity index (χ1n) is 7.93. The van der Waals surface area contributed by atoms with Gasteiger partial charge in [0.15, 0.2) is 0 Å². The first-order valence-corrected chi connectivity index (χ1v) is 7.93. The molecule has 0 unspecified atom stereocenters. The molecule has 2 aromatic rings. The topological polar surface area (TPSA) is 100 Å². The van der Waals surface area contributed by atoms with Crippen LogP contribution in [-0.2, 0) is 4.79 Å². The number of nitrogens with one attached hydrogen (secondary N) is 3. The van der Waals surface area contributed by atoms with Gasteiger partial charge >= 0.3 is 0 Å². The van der Waals surface area contributed by atoms with E-state index in [4.69, 9.17) is 0 Å². The number of hydrogen-bond donors (Lipinski definition) is 3. The van der Waals surface area contributed by atoms with Gasteiger partial charge in [0.05, 0.1) is 0 Å². The summed E-state index contributed by atoms with van der Waals surface area (Å²) >= 11 is 0.